The molecule has 0 radical (unpaired) electrons. The van der Waals surface area contributed by atoms with Crippen LogP contribution in [0.2, 0.25) is 18.1 Å². The molecule has 52 heavy (non-hydrogen) atoms. The monoisotopic (exact) mass is 746 g/mol. The Morgan fingerprint density at radius 1 is 0.885 bits per heavy atom. The number of carbonyl (C=O) groups excluding carboxylic acids is 4. The van der Waals surface area contributed by atoms with Crippen LogP contribution in [0.3, 0.4) is 0 Å². The quantitative estimate of drug-likeness (QED) is 0.128. The topological polar surface area (TPSA) is 137 Å². The fourth-order valence-electron chi connectivity index (χ4n) is 6.06. The number of esters is 1. The maximum atomic E-state index is 13.7. The predicted molar refractivity (Wildman–Crippen MR) is 203 cm³/mol. The first-order chi connectivity index (χ1) is 24.0. The second kappa shape index (κ2) is 18.2. The van der Waals surface area contributed by atoms with Crippen LogP contribution in [0.5, 0.6) is 5.75 Å². The van der Waals surface area contributed by atoms with Gasteiger partial charge < -0.3 is 33.8 Å². The summed E-state index contributed by atoms with van der Waals surface area (Å²) in [6.07, 6.45) is 5.43. The van der Waals surface area contributed by atoms with Gasteiger partial charge in [-0.3, -0.25) is 19.4 Å². The molecule has 2 aliphatic rings. The molecule has 0 saturated carbocycles. The minimum absolute atomic E-state index is 0.0457. The van der Waals surface area contributed by atoms with Gasteiger partial charge in [0.15, 0.2) is 8.32 Å². The Morgan fingerprint density at radius 2 is 1.54 bits per heavy atom. The number of piperidine rings is 2. The van der Waals surface area contributed by atoms with Gasteiger partial charge in [0.25, 0.3) is 0 Å². The molecule has 1 aromatic rings. The zero-order valence-corrected chi connectivity index (χ0v) is 34.8. The highest BCUT2D eigenvalue weighted by Crippen LogP contribution is 2.36. The maximum absolute atomic E-state index is 13.7. The fraction of sp³-hybridized carbons (Fsp3) is 0.769. The Kier molecular flexibility index (Phi) is 15.1. The van der Waals surface area contributed by atoms with E-state index in [9.17, 15) is 19.2 Å². The number of hydrogen-bond acceptors (Lipinski definition) is 9. The minimum atomic E-state index is -1.88. The van der Waals surface area contributed by atoms with Crippen molar-refractivity contribution < 1.29 is 37.8 Å². The van der Waals surface area contributed by atoms with E-state index in [1.807, 2.05) is 20.8 Å². The van der Waals surface area contributed by atoms with Crippen molar-refractivity contribution in [1.82, 2.24) is 20.1 Å². The molecule has 13 heteroatoms. The number of ether oxygens (including phenoxy) is 3. The van der Waals surface area contributed by atoms with Crippen molar-refractivity contribution in [2.24, 2.45) is 11.8 Å². The van der Waals surface area contributed by atoms with Crippen LogP contribution in [0, 0.1) is 11.8 Å². The van der Waals surface area contributed by atoms with Crippen LogP contribution in [0.15, 0.2) is 18.3 Å². The van der Waals surface area contributed by atoms with Crippen LogP contribution in [-0.4, -0.2) is 97.6 Å². The Hall–Kier alpha value is -3.19. The predicted octanol–water partition coefficient (Wildman–Crippen LogP) is 7.04. The molecule has 2 aliphatic heterocycles. The van der Waals surface area contributed by atoms with Crippen LogP contribution in [0.1, 0.15) is 119 Å². The summed E-state index contributed by atoms with van der Waals surface area (Å²) < 4.78 is 23.2. The zero-order valence-electron chi connectivity index (χ0n) is 33.8. The number of pyridine rings is 1. The van der Waals surface area contributed by atoms with Gasteiger partial charge in [-0.15, -0.1) is 0 Å². The van der Waals surface area contributed by atoms with Crippen LogP contribution in [-0.2, 0) is 28.3 Å². The van der Waals surface area contributed by atoms with E-state index in [-0.39, 0.29) is 29.4 Å². The van der Waals surface area contributed by atoms with Crippen molar-refractivity contribution in [1.29, 1.82) is 0 Å². The summed E-state index contributed by atoms with van der Waals surface area (Å²) in [6.45, 7) is 25.1. The average Bonchev–Trinajstić information content (AvgIpc) is 3.03. The first-order valence-electron chi connectivity index (χ1n) is 19.0. The molecule has 3 rings (SSSR count). The van der Waals surface area contributed by atoms with E-state index < -0.39 is 37.4 Å². The minimum Gasteiger partial charge on any atom is -0.490 e. The molecule has 0 aromatic carbocycles. The SMILES string of the molecule is CC(C)(C)OC(=O)C[C@H](NC(=O)[C@@H]1CCCN(C(=O)CCC2CCN(C(=O)OC(C)(C)C)CC2)C1)c1ccc(OCCO[Si](C)(C)C(C)(C)C)cn1. The smallest absolute Gasteiger partial charge is 0.410 e. The summed E-state index contributed by atoms with van der Waals surface area (Å²) >= 11 is 0. The van der Waals surface area contributed by atoms with E-state index in [4.69, 9.17) is 18.6 Å². The van der Waals surface area contributed by atoms with Crippen molar-refractivity contribution in [2.45, 2.75) is 143 Å². The van der Waals surface area contributed by atoms with Gasteiger partial charge in [0, 0.05) is 32.6 Å². The van der Waals surface area contributed by atoms with Gasteiger partial charge >= 0.3 is 12.1 Å². The third kappa shape index (κ3) is 14.3. The number of hydrogen-bond donors (Lipinski definition) is 1. The largest absolute Gasteiger partial charge is 0.490 e. The van der Waals surface area contributed by atoms with Gasteiger partial charge in [-0.25, -0.2) is 4.79 Å². The summed E-state index contributed by atoms with van der Waals surface area (Å²) in [5.41, 5.74) is -0.685. The Balaban J connectivity index is 1.55. The van der Waals surface area contributed by atoms with Crippen molar-refractivity contribution in [2.75, 3.05) is 39.4 Å². The second-order valence-electron chi connectivity index (χ2n) is 17.9. The molecule has 12 nitrogen and oxygen atoms in total. The van der Waals surface area contributed by atoms with E-state index in [0.29, 0.717) is 69.6 Å². The number of amides is 3. The van der Waals surface area contributed by atoms with Gasteiger partial charge in [-0.1, -0.05) is 20.8 Å². The summed E-state index contributed by atoms with van der Waals surface area (Å²) in [6, 6.07) is 2.83. The third-order valence-corrected chi connectivity index (χ3v) is 14.6. The molecular formula is C39H66N4O8Si. The van der Waals surface area contributed by atoms with Crippen LogP contribution in [0.4, 0.5) is 4.79 Å². The van der Waals surface area contributed by atoms with Gasteiger partial charge in [0.2, 0.25) is 11.8 Å². The number of nitrogens with one attached hydrogen (secondary N) is 1. The first-order valence-corrected chi connectivity index (χ1v) is 21.9. The third-order valence-electron chi connectivity index (χ3n) is 10.0. The molecule has 0 spiro atoms. The summed E-state index contributed by atoms with van der Waals surface area (Å²) in [5.74, 6) is -0.0886. The van der Waals surface area contributed by atoms with Gasteiger partial charge in [0.05, 0.1) is 36.9 Å². The van der Waals surface area contributed by atoms with Gasteiger partial charge in [-0.05, 0) is 110 Å². The van der Waals surface area contributed by atoms with E-state index in [1.165, 1.54) is 0 Å². The van der Waals surface area contributed by atoms with Crippen molar-refractivity contribution in [3.8, 4) is 5.75 Å². The molecule has 1 aromatic heterocycles. The Morgan fingerprint density at radius 3 is 2.12 bits per heavy atom. The Labute approximate surface area is 313 Å². The highest BCUT2D eigenvalue weighted by molar-refractivity contribution is 6.74. The van der Waals surface area contributed by atoms with Crippen molar-refractivity contribution in [3.63, 3.8) is 0 Å². The molecule has 3 amide bonds. The molecule has 3 heterocycles. The highest BCUT2D eigenvalue weighted by Gasteiger charge is 2.37. The highest BCUT2D eigenvalue weighted by atomic mass is 28.4. The molecule has 0 aliphatic carbocycles. The maximum Gasteiger partial charge on any atom is 0.410 e. The van der Waals surface area contributed by atoms with Crippen LogP contribution in [0.25, 0.3) is 0 Å². The molecule has 2 atom stereocenters. The normalized spacial score (nSPS) is 18.4. The summed E-state index contributed by atoms with van der Waals surface area (Å²) in [7, 11) is -1.88. The molecule has 1 N–H and O–H groups in total. The standard InChI is InChI=1S/C39H66N4O8Si/c1-37(2,3)50-34(45)25-32(31-16-15-30(26-40-31)48-23-24-49-52(10,11)39(7,8)9)41-35(46)29-13-12-20-43(27-29)33(44)17-14-28-18-21-42(22-19-28)36(47)51-38(4,5)6/h15-16,26,28-29,32H,12-14,17-25,27H2,1-11H3,(H,41,46)/t29-,32+/m1/s1. The molecule has 294 valence electrons. The summed E-state index contributed by atoms with van der Waals surface area (Å²) in [5, 5.41) is 3.16. The van der Waals surface area contributed by atoms with E-state index in [0.717, 1.165) is 25.7 Å². The summed E-state index contributed by atoms with van der Waals surface area (Å²) in [4.78, 5) is 60.4. The lowest BCUT2D eigenvalue weighted by molar-refractivity contribution is -0.155. The second-order valence-corrected chi connectivity index (χ2v) is 22.7. The number of carbonyl (C=O) groups is 4. The van der Waals surface area contributed by atoms with E-state index in [1.54, 1.807) is 48.9 Å². The first kappa shape index (κ1) is 43.2. The molecular weight excluding hydrogens is 681 g/mol. The van der Waals surface area contributed by atoms with Crippen LogP contribution >= 0.6 is 0 Å². The van der Waals surface area contributed by atoms with Gasteiger partial charge in [0.1, 0.15) is 23.6 Å². The fourth-order valence-corrected chi connectivity index (χ4v) is 7.09. The van der Waals surface area contributed by atoms with Crippen molar-refractivity contribution >= 4 is 32.2 Å². The zero-order chi connectivity index (χ0) is 38.9. The van der Waals surface area contributed by atoms with E-state index in [2.05, 4.69) is 44.2 Å². The molecule has 2 saturated heterocycles. The Bertz CT molecular complexity index is 1340. The molecule has 2 fully saturated rings. The molecule has 0 bridgehead atoms. The van der Waals surface area contributed by atoms with Crippen molar-refractivity contribution in [3.05, 3.63) is 24.0 Å². The number of aromatic nitrogens is 1. The van der Waals surface area contributed by atoms with Gasteiger partial charge in [-0.2, -0.15) is 0 Å². The van der Waals surface area contributed by atoms with Crippen LogP contribution < -0.4 is 10.1 Å². The number of nitrogens with zero attached hydrogens (tertiary/aromatic N) is 3. The van der Waals surface area contributed by atoms with E-state index >= 15 is 0 Å². The lowest BCUT2D eigenvalue weighted by atomic mass is 9.91. The lowest BCUT2D eigenvalue weighted by Gasteiger charge is -2.36. The average molecular weight is 747 g/mol. The lowest BCUT2D eigenvalue weighted by Crippen LogP contribution is -2.46. The number of likely N-dealkylation sites (tertiary alicyclic amines) is 2. The number of rotatable bonds is 13. The molecule has 0 unspecified atom stereocenters.